The molecule has 0 aliphatic carbocycles. The molecule has 0 fully saturated rings. The molecule has 10 heavy (non-hydrogen) atoms. The zero-order valence-corrected chi connectivity index (χ0v) is 6.97. The minimum absolute atomic E-state index is 0.145. The van der Waals surface area contributed by atoms with E-state index in [2.05, 4.69) is 22.5 Å². The molecule has 1 aromatic heterocycles. The van der Waals surface area contributed by atoms with Crippen LogP contribution in [0.2, 0.25) is 0 Å². The number of halogens is 1. The molecule has 0 aromatic carbocycles. The average Bonchev–Trinajstić information content (AvgIpc) is 2.34. The van der Waals surface area contributed by atoms with Crippen LogP contribution in [-0.4, -0.2) is 0 Å². The second-order valence-corrected chi connectivity index (χ2v) is 2.63. The molecule has 3 heteroatoms. The molecule has 2 N–H and O–H groups in total. The predicted molar refractivity (Wildman–Crippen MR) is 43.5 cm³/mol. The molecular weight excluding hydrogens is 194 g/mol. The number of nitrogens with two attached hydrogens (primary N) is 1. The van der Waals surface area contributed by atoms with Crippen molar-refractivity contribution in [2.24, 2.45) is 5.73 Å². The maximum absolute atomic E-state index is 5.63. The molecule has 0 saturated heterocycles. The largest absolute Gasteiger partial charge is 0.457 e. The second kappa shape index (κ2) is 3.03. The summed E-state index contributed by atoms with van der Waals surface area (Å²) in [6.07, 6.45) is 3.25. The molecule has 0 bridgehead atoms. The number of rotatable bonds is 2. The van der Waals surface area contributed by atoms with E-state index in [1.165, 1.54) is 0 Å². The summed E-state index contributed by atoms with van der Waals surface area (Å²) in [6.45, 7) is 3.57. The van der Waals surface area contributed by atoms with Crippen molar-refractivity contribution in [3.63, 3.8) is 0 Å². The highest BCUT2D eigenvalue weighted by molar-refractivity contribution is 9.10. The highest BCUT2D eigenvalue weighted by Crippen LogP contribution is 2.23. The van der Waals surface area contributed by atoms with Crippen molar-refractivity contribution in [3.8, 4) is 0 Å². The van der Waals surface area contributed by atoms with Crippen molar-refractivity contribution in [1.82, 2.24) is 0 Å². The maximum Gasteiger partial charge on any atom is 0.174 e. The third kappa shape index (κ3) is 1.30. The quantitative estimate of drug-likeness (QED) is 0.746. The van der Waals surface area contributed by atoms with Crippen LogP contribution in [0, 0.1) is 0 Å². The van der Waals surface area contributed by atoms with Gasteiger partial charge in [-0.05, 0) is 22.0 Å². The van der Waals surface area contributed by atoms with Crippen molar-refractivity contribution >= 4 is 15.9 Å². The van der Waals surface area contributed by atoms with Crippen molar-refractivity contribution in [1.29, 1.82) is 0 Å². The first-order chi connectivity index (χ1) is 4.75. The summed E-state index contributed by atoms with van der Waals surface area (Å²) in [6, 6.07) is 1.67. The Morgan fingerprint density at radius 3 is 2.90 bits per heavy atom. The molecule has 1 aromatic rings. The normalized spacial score (nSPS) is 13.0. The molecule has 2 nitrogen and oxygen atoms in total. The maximum atomic E-state index is 5.63. The van der Waals surface area contributed by atoms with Crippen molar-refractivity contribution in [3.05, 3.63) is 35.2 Å². The summed E-state index contributed by atoms with van der Waals surface area (Å²) < 4.78 is 5.66. The van der Waals surface area contributed by atoms with Crippen LogP contribution >= 0.6 is 15.9 Å². The topological polar surface area (TPSA) is 39.2 Å². The van der Waals surface area contributed by atoms with Crippen LogP contribution in [0.25, 0.3) is 0 Å². The van der Waals surface area contributed by atoms with E-state index in [0.717, 1.165) is 5.56 Å². The number of hydrogen-bond donors (Lipinski definition) is 1. The van der Waals surface area contributed by atoms with Crippen LogP contribution in [0.15, 0.2) is 34.1 Å². The van der Waals surface area contributed by atoms with Gasteiger partial charge in [0.25, 0.3) is 0 Å². The van der Waals surface area contributed by atoms with Crippen LogP contribution in [-0.2, 0) is 0 Å². The van der Waals surface area contributed by atoms with Gasteiger partial charge in [0.15, 0.2) is 4.67 Å². The molecular formula is C7H8BrNO. The first kappa shape index (κ1) is 7.57. The van der Waals surface area contributed by atoms with Gasteiger partial charge in [0.2, 0.25) is 0 Å². The van der Waals surface area contributed by atoms with Gasteiger partial charge in [-0.3, -0.25) is 0 Å². The van der Waals surface area contributed by atoms with Crippen molar-refractivity contribution < 1.29 is 4.42 Å². The van der Waals surface area contributed by atoms with Gasteiger partial charge in [-0.2, -0.15) is 0 Å². The van der Waals surface area contributed by atoms with Crippen molar-refractivity contribution in [2.45, 2.75) is 6.04 Å². The van der Waals surface area contributed by atoms with Gasteiger partial charge in [0.1, 0.15) is 0 Å². The molecule has 0 aliphatic heterocycles. The fraction of sp³-hybridized carbons (Fsp3) is 0.143. The molecule has 0 saturated carbocycles. The van der Waals surface area contributed by atoms with Crippen molar-refractivity contribution in [2.75, 3.05) is 0 Å². The standard InChI is InChI=1S/C7H8BrNO/c1-2-6(9)5-3-4-10-7(5)8/h2-4,6H,1,9H2. The molecule has 54 valence electrons. The van der Waals surface area contributed by atoms with Gasteiger partial charge in [-0.15, -0.1) is 6.58 Å². The van der Waals surface area contributed by atoms with E-state index in [1.54, 1.807) is 12.3 Å². The Morgan fingerprint density at radius 2 is 2.50 bits per heavy atom. The molecule has 1 unspecified atom stereocenters. The lowest BCUT2D eigenvalue weighted by atomic mass is 10.2. The van der Waals surface area contributed by atoms with E-state index < -0.39 is 0 Å². The zero-order valence-electron chi connectivity index (χ0n) is 5.38. The van der Waals surface area contributed by atoms with Crippen LogP contribution in [0.4, 0.5) is 0 Å². The fourth-order valence-corrected chi connectivity index (χ4v) is 1.17. The summed E-state index contributed by atoms with van der Waals surface area (Å²) >= 11 is 3.21. The molecule has 0 radical (unpaired) electrons. The lowest BCUT2D eigenvalue weighted by molar-refractivity contribution is 0.535. The zero-order chi connectivity index (χ0) is 7.56. The SMILES string of the molecule is C=CC(N)c1ccoc1Br. The van der Waals surface area contributed by atoms with Crippen LogP contribution in [0.1, 0.15) is 11.6 Å². The van der Waals surface area contributed by atoms with Gasteiger partial charge >= 0.3 is 0 Å². The summed E-state index contributed by atoms with van der Waals surface area (Å²) in [4.78, 5) is 0. The molecule has 0 amide bonds. The first-order valence-corrected chi connectivity index (χ1v) is 3.66. The van der Waals surface area contributed by atoms with Gasteiger partial charge in [-0.25, -0.2) is 0 Å². The second-order valence-electron chi connectivity index (χ2n) is 1.91. The highest BCUT2D eigenvalue weighted by atomic mass is 79.9. The summed E-state index contributed by atoms with van der Waals surface area (Å²) in [5.41, 5.74) is 6.56. The van der Waals surface area contributed by atoms with Crippen LogP contribution < -0.4 is 5.73 Å². The average molecular weight is 202 g/mol. The minimum Gasteiger partial charge on any atom is -0.457 e. The Balaban J connectivity index is 2.92. The monoisotopic (exact) mass is 201 g/mol. The molecule has 1 atom stereocenters. The first-order valence-electron chi connectivity index (χ1n) is 2.86. The molecule has 0 spiro atoms. The lowest BCUT2D eigenvalue weighted by Gasteiger charge is -2.00. The smallest absolute Gasteiger partial charge is 0.174 e. The molecule has 0 aliphatic rings. The molecule has 1 rings (SSSR count). The van der Waals surface area contributed by atoms with E-state index in [9.17, 15) is 0 Å². The summed E-state index contributed by atoms with van der Waals surface area (Å²) in [7, 11) is 0. The van der Waals surface area contributed by atoms with Gasteiger partial charge in [-0.1, -0.05) is 6.08 Å². The van der Waals surface area contributed by atoms with Gasteiger partial charge in [0.05, 0.1) is 12.3 Å². The minimum atomic E-state index is -0.145. The number of hydrogen-bond acceptors (Lipinski definition) is 2. The number of furan rings is 1. The van der Waals surface area contributed by atoms with E-state index in [1.807, 2.05) is 6.07 Å². The summed E-state index contributed by atoms with van der Waals surface area (Å²) in [5, 5.41) is 0. The van der Waals surface area contributed by atoms with Gasteiger partial charge in [0, 0.05) is 5.56 Å². The van der Waals surface area contributed by atoms with Crippen LogP contribution in [0.5, 0.6) is 0 Å². The van der Waals surface area contributed by atoms with Crippen LogP contribution in [0.3, 0.4) is 0 Å². The van der Waals surface area contributed by atoms with E-state index in [0.29, 0.717) is 4.67 Å². The third-order valence-electron chi connectivity index (χ3n) is 1.26. The Kier molecular flexibility index (Phi) is 2.29. The van der Waals surface area contributed by atoms with E-state index in [-0.39, 0.29) is 6.04 Å². The highest BCUT2D eigenvalue weighted by Gasteiger charge is 2.07. The Morgan fingerprint density at radius 1 is 1.80 bits per heavy atom. The fourth-order valence-electron chi connectivity index (χ4n) is 0.670. The Hall–Kier alpha value is -0.540. The van der Waals surface area contributed by atoms with E-state index >= 15 is 0 Å². The summed E-state index contributed by atoms with van der Waals surface area (Å²) in [5.74, 6) is 0. The Bertz CT molecular complexity index is 231. The third-order valence-corrected chi connectivity index (χ3v) is 1.90. The van der Waals surface area contributed by atoms with Gasteiger partial charge < -0.3 is 10.2 Å². The van der Waals surface area contributed by atoms with E-state index in [4.69, 9.17) is 10.2 Å². The predicted octanol–water partition coefficient (Wildman–Crippen LogP) is 2.23. The Labute approximate surface area is 67.8 Å². The lowest BCUT2D eigenvalue weighted by Crippen LogP contribution is -2.05. The molecule has 1 heterocycles.